The number of rotatable bonds is 4. The molecule has 114 valence electrons. The molecule has 4 rings (SSSR count). The van der Waals surface area contributed by atoms with Gasteiger partial charge in [0.15, 0.2) is 5.82 Å². The number of hydrogen-bond donors (Lipinski definition) is 1. The maximum atomic E-state index is 12.9. The number of aliphatic hydroxyl groups excluding tert-OH is 1. The van der Waals surface area contributed by atoms with Gasteiger partial charge in [-0.1, -0.05) is 0 Å². The number of anilines is 1. The van der Waals surface area contributed by atoms with E-state index < -0.39 is 5.82 Å². The Kier molecular flexibility index (Phi) is 3.11. The monoisotopic (exact) mass is 292 g/mol. The van der Waals surface area contributed by atoms with Gasteiger partial charge in [-0.25, -0.2) is 14.4 Å². The summed E-state index contributed by atoms with van der Waals surface area (Å²) in [5.41, 5.74) is 0.174. The van der Waals surface area contributed by atoms with Crippen LogP contribution in [0.15, 0.2) is 12.4 Å². The van der Waals surface area contributed by atoms with E-state index in [0.717, 1.165) is 38.5 Å². The highest BCUT2D eigenvalue weighted by Crippen LogP contribution is 2.43. The number of halogens is 1. The van der Waals surface area contributed by atoms with Crippen molar-refractivity contribution in [2.24, 2.45) is 11.8 Å². The van der Waals surface area contributed by atoms with Crippen LogP contribution in [0.5, 0.6) is 0 Å². The van der Waals surface area contributed by atoms with E-state index in [4.69, 9.17) is 0 Å². The number of aromatic nitrogens is 2. The van der Waals surface area contributed by atoms with Crippen molar-refractivity contribution in [1.29, 1.82) is 0 Å². The third-order valence-electron chi connectivity index (χ3n) is 5.11. The van der Waals surface area contributed by atoms with E-state index in [1.165, 1.54) is 25.2 Å². The second kappa shape index (κ2) is 4.88. The van der Waals surface area contributed by atoms with Crippen LogP contribution in [0.3, 0.4) is 0 Å². The van der Waals surface area contributed by atoms with Crippen molar-refractivity contribution < 1.29 is 9.50 Å². The van der Waals surface area contributed by atoms with Gasteiger partial charge in [0.2, 0.25) is 5.95 Å². The maximum absolute atomic E-state index is 12.9. The molecule has 2 aliphatic heterocycles. The number of nitrogens with zero attached hydrogens (tertiary/aromatic N) is 4. The smallest absolute Gasteiger partial charge is 0.225 e. The molecule has 3 aliphatic rings. The molecule has 1 aliphatic carbocycles. The van der Waals surface area contributed by atoms with Gasteiger partial charge in [0.25, 0.3) is 0 Å². The van der Waals surface area contributed by atoms with E-state index in [9.17, 15) is 9.50 Å². The number of aliphatic hydroxyl groups is 1. The minimum atomic E-state index is -0.398. The second-order valence-corrected chi connectivity index (χ2v) is 6.88. The molecule has 1 saturated carbocycles. The average molecular weight is 292 g/mol. The quantitative estimate of drug-likeness (QED) is 0.893. The van der Waals surface area contributed by atoms with E-state index >= 15 is 0 Å². The van der Waals surface area contributed by atoms with Crippen LogP contribution in [0.25, 0.3) is 0 Å². The minimum Gasteiger partial charge on any atom is -0.396 e. The average Bonchev–Trinajstić information content (AvgIpc) is 3.17. The summed E-state index contributed by atoms with van der Waals surface area (Å²) in [7, 11) is 0. The highest BCUT2D eigenvalue weighted by molar-refractivity contribution is 5.39. The lowest BCUT2D eigenvalue weighted by atomic mass is 9.84. The Labute approximate surface area is 123 Å². The van der Waals surface area contributed by atoms with E-state index in [0.29, 0.717) is 11.9 Å². The molecule has 1 spiro atoms. The van der Waals surface area contributed by atoms with Crippen molar-refractivity contribution in [3.05, 3.63) is 18.2 Å². The lowest BCUT2D eigenvalue weighted by Gasteiger charge is -2.53. The first-order valence-electron chi connectivity index (χ1n) is 7.77. The molecule has 1 atom stereocenters. The van der Waals surface area contributed by atoms with E-state index in [2.05, 4.69) is 19.8 Å². The van der Waals surface area contributed by atoms with Gasteiger partial charge in [-0.3, -0.25) is 4.90 Å². The summed E-state index contributed by atoms with van der Waals surface area (Å²) in [6.45, 7) is 4.22. The largest absolute Gasteiger partial charge is 0.396 e. The van der Waals surface area contributed by atoms with Crippen LogP contribution in [-0.2, 0) is 0 Å². The van der Waals surface area contributed by atoms with Gasteiger partial charge in [-0.2, -0.15) is 0 Å². The van der Waals surface area contributed by atoms with E-state index in [1.807, 2.05) is 0 Å². The zero-order valence-corrected chi connectivity index (χ0v) is 12.1. The molecule has 3 heterocycles. The molecule has 6 heteroatoms. The third-order valence-corrected chi connectivity index (χ3v) is 5.11. The number of hydrogen-bond acceptors (Lipinski definition) is 5. The molecule has 21 heavy (non-hydrogen) atoms. The summed E-state index contributed by atoms with van der Waals surface area (Å²) < 4.78 is 12.9. The summed E-state index contributed by atoms with van der Waals surface area (Å²) in [4.78, 5) is 12.8. The summed E-state index contributed by atoms with van der Waals surface area (Å²) >= 11 is 0. The standard InChI is InChI=1S/C15H21FN4O/c16-13-4-17-14(18-5-13)19-9-15(10-19)3-12(8-21)7-20(15)6-11-1-2-11/h4-5,11-12,21H,1-3,6-10H2/t12-/m1/s1. The van der Waals surface area contributed by atoms with Crippen LogP contribution >= 0.6 is 0 Å². The van der Waals surface area contributed by atoms with E-state index in [1.54, 1.807) is 0 Å². The lowest BCUT2D eigenvalue weighted by Crippen LogP contribution is -2.68. The summed E-state index contributed by atoms with van der Waals surface area (Å²) in [5.74, 6) is 1.46. The first-order valence-corrected chi connectivity index (χ1v) is 7.77. The van der Waals surface area contributed by atoms with Crippen LogP contribution < -0.4 is 4.90 Å². The Morgan fingerprint density at radius 3 is 2.57 bits per heavy atom. The number of likely N-dealkylation sites (tertiary alicyclic amines) is 1. The normalized spacial score (nSPS) is 28.1. The van der Waals surface area contributed by atoms with Crippen LogP contribution in [0.1, 0.15) is 19.3 Å². The topological polar surface area (TPSA) is 52.5 Å². The predicted molar refractivity (Wildman–Crippen MR) is 76.4 cm³/mol. The van der Waals surface area contributed by atoms with Crippen molar-refractivity contribution in [2.45, 2.75) is 24.8 Å². The highest BCUT2D eigenvalue weighted by atomic mass is 19.1. The first kappa shape index (κ1) is 13.4. The van der Waals surface area contributed by atoms with Gasteiger partial charge in [-0.05, 0) is 31.1 Å². The highest BCUT2D eigenvalue weighted by Gasteiger charge is 2.54. The summed E-state index contributed by atoms with van der Waals surface area (Å²) in [6.07, 6.45) is 6.19. The van der Waals surface area contributed by atoms with Gasteiger partial charge >= 0.3 is 0 Å². The maximum Gasteiger partial charge on any atom is 0.225 e. The second-order valence-electron chi connectivity index (χ2n) is 6.88. The molecule has 5 nitrogen and oxygen atoms in total. The molecule has 0 radical (unpaired) electrons. The molecule has 0 amide bonds. The van der Waals surface area contributed by atoms with Gasteiger partial charge in [0.05, 0.1) is 17.9 Å². The summed E-state index contributed by atoms with van der Waals surface area (Å²) in [5, 5.41) is 9.49. The Morgan fingerprint density at radius 2 is 1.95 bits per heavy atom. The van der Waals surface area contributed by atoms with Gasteiger partial charge in [0, 0.05) is 32.8 Å². The molecule has 1 aromatic heterocycles. The molecule has 0 unspecified atom stereocenters. The Hall–Kier alpha value is -1.27. The molecule has 0 bridgehead atoms. The lowest BCUT2D eigenvalue weighted by molar-refractivity contribution is 0.0971. The molecular formula is C15H21FN4O. The Morgan fingerprint density at radius 1 is 1.24 bits per heavy atom. The van der Waals surface area contributed by atoms with Gasteiger partial charge in [0.1, 0.15) is 0 Å². The Bertz CT molecular complexity index is 513. The van der Waals surface area contributed by atoms with Crippen molar-refractivity contribution in [1.82, 2.24) is 14.9 Å². The molecule has 3 fully saturated rings. The van der Waals surface area contributed by atoms with Gasteiger partial charge in [-0.15, -0.1) is 0 Å². The minimum absolute atomic E-state index is 0.174. The van der Waals surface area contributed by atoms with Gasteiger partial charge < -0.3 is 10.0 Å². The third kappa shape index (κ3) is 2.40. The van der Waals surface area contributed by atoms with Crippen molar-refractivity contribution in [3.63, 3.8) is 0 Å². The van der Waals surface area contributed by atoms with Crippen LogP contribution in [0.2, 0.25) is 0 Å². The van der Waals surface area contributed by atoms with Crippen molar-refractivity contribution in [2.75, 3.05) is 37.7 Å². The van der Waals surface area contributed by atoms with Crippen LogP contribution in [0, 0.1) is 17.7 Å². The molecule has 0 aromatic carbocycles. The summed E-state index contributed by atoms with van der Waals surface area (Å²) in [6, 6.07) is 0. The molecular weight excluding hydrogens is 271 g/mol. The molecule has 2 saturated heterocycles. The van der Waals surface area contributed by atoms with Crippen molar-refractivity contribution in [3.8, 4) is 0 Å². The zero-order valence-electron chi connectivity index (χ0n) is 12.1. The van der Waals surface area contributed by atoms with Crippen LogP contribution in [0.4, 0.5) is 10.3 Å². The van der Waals surface area contributed by atoms with E-state index in [-0.39, 0.29) is 12.1 Å². The van der Waals surface area contributed by atoms with Crippen molar-refractivity contribution >= 4 is 5.95 Å². The SMILES string of the molecule is OC[C@H]1CN(CC2CC2)C2(C1)CN(c1ncc(F)cn1)C2. The molecule has 1 aromatic rings. The fourth-order valence-corrected chi connectivity index (χ4v) is 3.84. The fourth-order valence-electron chi connectivity index (χ4n) is 3.84. The first-order chi connectivity index (χ1) is 10.2. The molecule has 1 N–H and O–H groups in total. The van der Waals surface area contributed by atoms with Crippen LogP contribution in [-0.4, -0.2) is 58.3 Å². The predicted octanol–water partition coefficient (Wildman–Crippen LogP) is 0.899. The fraction of sp³-hybridized carbons (Fsp3) is 0.733. The zero-order chi connectivity index (χ0) is 14.4. The Balaban J connectivity index is 1.45.